The van der Waals surface area contributed by atoms with Gasteiger partial charge in [0, 0.05) is 21.6 Å². The number of nitrogens with one attached hydrogen (secondary N) is 1. The largest absolute Gasteiger partial charge is 0.495 e. The summed E-state index contributed by atoms with van der Waals surface area (Å²) in [5.41, 5.74) is 0.335. The van der Waals surface area contributed by atoms with Crippen molar-refractivity contribution in [1.29, 1.82) is 0 Å². The molecule has 0 aliphatic heterocycles. The maximum absolute atomic E-state index is 14.0. The van der Waals surface area contributed by atoms with E-state index in [1.165, 1.54) is 36.3 Å². The molecule has 3 aromatic rings. The highest BCUT2D eigenvalue weighted by atomic mass is 79.9. The highest BCUT2D eigenvalue weighted by Gasteiger charge is 2.34. The third kappa shape index (κ3) is 7.99. The smallest absolute Gasteiger partial charge is 0.264 e. The molecule has 2 amide bonds. The molecule has 0 saturated carbocycles. The van der Waals surface area contributed by atoms with E-state index in [1.54, 1.807) is 31.2 Å². The third-order valence-corrected chi connectivity index (χ3v) is 8.49. The molecule has 214 valence electrons. The number of carbonyl (C=O) groups excluding carboxylic acids is 2. The second-order valence-corrected chi connectivity index (χ2v) is 13.4. The number of rotatable bonds is 10. The van der Waals surface area contributed by atoms with Gasteiger partial charge in [-0.15, -0.1) is 0 Å². The average Bonchev–Trinajstić information content (AvgIpc) is 2.90. The number of ether oxygens (including phenoxy) is 1. The Hall–Kier alpha value is -3.08. The minimum absolute atomic E-state index is 0.0113. The Labute approximate surface area is 249 Å². The van der Waals surface area contributed by atoms with Crippen molar-refractivity contribution < 1.29 is 22.7 Å². The first-order valence-electron chi connectivity index (χ1n) is 12.5. The summed E-state index contributed by atoms with van der Waals surface area (Å²) in [6.45, 7) is 6.64. The van der Waals surface area contributed by atoms with Gasteiger partial charge in [-0.25, -0.2) is 8.42 Å². The van der Waals surface area contributed by atoms with E-state index in [4.69, 9.17) is 16.3 Å². The van der Waals surface area contributed by atoms with Crippen molar-refractivity contribution in [2.75, 3.05) is 18.0 Å². The number of methoxy groups -OCH3 is 1. The van der Waals surface area contributed by atoms with E-state index < -0.39 is 34.1 Å². The van der Waals surface area contributed by atoms with Crippen molar-refractivity contribution in [1.82, 2.24) is 10.2 Å². The van der Waals surface area contributed by atoms with Crippen LogP contribution in [-0.4, -0.2) is 50.4 Å². The number of nitrogens with zero attached hydrogens (tertiary/aromatic N) is 2. The Kier molecular flexibility index (Phi) is 10.3. The van der Waals surface area contributed by atoms with Gasteiger partial charge in [-0.3, -0.25) is 13.9 Å². The van der Waals surface area contributed by atoms with Crippen LogP contribution in [0.5, 0.6) is 5.75 Å². The Morgan fingerprint density at radius 3 is 2.23 bits per heavy atom. The number of halogens is 2. The zero-order valence-corrected chi connectivity index (χ0v) is 26.2. The van der Waals surface area contributed by atoms with E-state index in [-0.39, 0.29) is 33.8 Å². The van der Waals surface area contributed by atoms with E-state index in [1.807, 2.05) is 45.0 Å². The van der Waals surface area contributed by atoms with Gasteiger partial charge in [0.1, 0.15) is 18.3 Å². The van der Waals surface area contributed by atoms with Gasteiger partial charge in [-0.2, -0.15) is 0 Å². The molecule has 0 fully saturated rings. The first kappa shape index (κ1) is 31.4. The Morgan fingerprint density at radius 2 is 1.65 bits per heavy atom. The fourth-order valence-corrected chi connectivity index (χ4v) is 5.80. The topological polar surface area (TPSA) is 96.0 Å². The summed E-state index contributed by atoms with van der Waals surface area (Å²) in [6, 6.07) is 18.8. The Balaban J connectivity index is 2.09. The van der Waals surface area contributed by atoms with Crippen LogP contribution in [0.1, 0.15) is 33.3 Å². The molecule has 0 spiro atoms. The molecular formula is C29H33BrClN3O5S. The Bertz CT molecular complexity index is 1440. The lowest BCUT2D eigenvalue weighted by Crippen LogP contribution is -2.54. The first-order valence-corrected chi connectivity index (χ1v) is 15.1. The van der Waals surface area contributed by atoms with Crippen LogP contribution in [0.3, 0.4) is 0 Å². The van der Waals surface area contributed by atoms with Crippen LogP contribution in [-0.2, 0) is 26.2 Å². The predicted octanol–water partition coefficient (Wildman–Crippen LogP) is 5.64. The molecule has 3 aromatic carbocycles. The SMILES string of the molecule is COc1ccc(Cl)cc1N(CC(=O)N(Cc1ccc(Br)cc1)[C@H](C)C(=O)NC(C)(C)C)S(=O)(=O)c1ccccc1. The molecule has 1 atom stereocenters. The van der Waals surface area contributed by atoms with Crippen LogP contribution in [0.15, 0.2) is 82.2 Å². The lowest BCUT2D eigenvalue weighted by molar-refractivity contribution is -0.140. The molecular weight excluding hydrogens is 618 g/mol. The van der Waals surface area contributed by atoms with Crippen molar-refractivity contribution in [3.63, 3.8) is 0 Å². The minimum atomic E-state index is -4.24. The number of anilines is 1. The lowest BCUT2D eigenvalue weighted by atomic mass is 10.1. The maximum Gasteiger partial charge on any atom is 0.264 e. The highest BCUT2D eigenvalue weighted by molar-refractivity contribution is 9.10. The quantitative estimate of drug-likeness (QED) is 0.307. The molecule has 1 N–H and O–H groups in total. The van der Waals surface area contributed by atoms with Gasteiger partial charge in [-0.1, -0.05) is 57.9 Å². The van der Waals surface area contributed by atoms with Crippen LogP contribution in [0.2, 0.25) is 5.02 Å². The molecule has 0 unspecified atom stereocenters. The number of benzene rings is 3. The molecule has 0 aliphatic rings. The van der Waals surface area contributed by atoms with Crippen LogP contribution in [0.25, 0.3) is 0 Å². The zero-order valence-electron chi connectivity index (χ0n) is 23.0. The average molecular weight is 651 g/mol. The van der Waals surface area contributed by atoms with Gasteiger partial charge in [0.2, 0.25) is 11.8 Å². The number of hydrogen-bond donors (Lipinski definition) is 1. The molecule has 0 bridgehead atoms. The van der Waals surface area contributed by atoms with E-state index in [0.717, 1.165) is 14.3 Å². The summed E-state index contributed by atoms with van der Waals surface area (Å²) >= 11 is 9.66. The fourth-order valence-electron chi connectivity index (χ4n) is 3.93. The summed E-state index contributed by atoms with van der Waals surface area (Å²) < 4.78 is 35.1. The highest BCUT2D eigenvalue weighted by Crippen LogP contribution is 2.35. The summed E-state index contributed by atoms with van der Waals surface area (Å²) in [5.74, 6) is -0.730. The summed E-state index contributed by atoms with van der Waals surface area (Å²) in [4.78, 5) is 28.6. The van der Waals surface area contributed by atoms with Gasteiger partial charge >= 0.3 is 0 Å². The second kappa shape index (κ2) is 13.1. The van der Waals surface area contributed by atoms with E-state index >= 15 is 0 Å². The van der Waals surface area contributed by atoms with Crippen molar-refractivity contribution in [2.24, 2.45) is 0 Å². The van der Waals surface area contributed by atoms with Crippen LogP contribution in [0.4, 0.5) is 5.69 Å². The number of hydrogen-bond acceptors (Lipinski definition) is 5. The standard InChI is InChI=1S/C29H33BrClN3O5S/c1-20(28(36)32-29(2,3)4)33(18-21-11-13-22(30)14-12-21)27(35)19-34(25-17-23(31)15-16-26(25)39-5)40(37,38)24-9-7-6-8-10-24/h6-17,20H,18-19H2,1-5H3,(H,32,36)/t20-/m1/s1. The molecule has 0 aromatic heterocycles. The molecule has 40 heavy (non-hydrogen) atoms. The van der Waals surface area contributed by atoms with Gasteiger partial charge < -0.3 is 15.0 Å². The summed E-state index contributed by atoms with van der Waals surface area (Å²) in [7, 11) is -2.84. The molecule has 0 aliphatic carbocycles. The summed E-state index contributed by atoms with van der Waals surface area (Å²) in [6.07, 6.45) is 0. The lowest BCUT2D eigenvalue weighted by Gasteiger charge is -2.33. The molecule has 8 nitrogen and oxygen atoms in total. The molecule has 0 heterocycles. The molecule has 0 radical (unpaired) electrons. The third-order valence-electron chi connectivity index (χ3n) is 5.95. The van der Waals surface area contributed by atoms with Gasteiger partial charge in [0.05, 0.1) is 17.7 Å². The van der Waals surface area contributed by atoms with Gasteiger partial charge in [-0.05, 0) is 75.7 Å². The van der Waals surface area contributed by atoms with Gasteiger partial charge in [0.15, 0.2) is 0 Å². The first-order chi connectivity index (χ1) is 18.7. The Morgan fingerprint density at radius 1 is 1.02 bits per heavy atom. The number of carbonyl (C=O) groups is 2. The number of amides is 2. The number of sulfonamides is 1. The monoisotopic (exact) mass is 649 g/mol. The van der Waals surface area contributed by atoms with E-state index in [0.29, 0.717) is 0 Å². The van der Waals surface area contributed by atoms with Crippen molar-refractivity contribution in [3.05, 3.63) is 87.9 Å². The van der Waals surface area contributed by atoms with Gasteiger partial charge in [0.25, 0.3) is 10.0 Å². The predicted molar refractivity (Wildman–Crippen MR) is 161 cm³/mol. The second-order valence-electron chi connectivity index (χ2n) is 10.2. The van der Waals surface area contributed by atoms with E-state index in [2.05, 4.69) is 21.2 Å². The molecule has 3 rings (SSSR count). The van der Waals surface area contributed by atoms with E-state index in [9.17, 15) is 18.0 Å². The maximum atomic E-state index is 14.0. The normalized spacial score (nSPS) is 12.4. The molecule has 0 saturated heterocycles. The van der Waals surface area contributed by atoms with Crippen LogP contribution in [0, 0.1) is 0 Å². The van der Waals surface area contributed by atoms with Crippen molar-refractivity contribution in [2.45, 2.75) is 50.7 Å². The molecule has 11 heteroatoms. The zero-order chi connectivity index (χ0) is 29.7. The van der Waals surface area contributed by atoms with Crippen LogP contribution < -0.4 is 14.4 Å². The summed E-state index contributed by atoms with van der Waals surface area (Å²) in [5, 5.41) is 3.17. The minimum Gasteiger partial charge on any atom is -0.495 e. The fraction of sp³-hybridized carbons (Fsp3) is 0.310. The van der Waals surface area contributed by atoms with Crippen molar-refractivity contribution in [3.8, 4) is 5.75 Å². The van der Waals surface area contributed by atoms with Crippen molar-refractivity contribution >= 4 is 55.1 Å². The van der Waals surface area contributed by atoms with Crippen LogP contribution >= 0.6 is 27.5 Å².